The van der Waals surface area contributed by atoms with Gasteiger partial charge in [0, 0.05) is 18.7 Å². The van der Waals surface area contributed by atoms with Crippen LogP contribution < -0.4 is 29.4 Å². The van der Waals surface area contributed by atoms with E-state index in [0.29, 0.717) is 0 Å². The first-order valence-corrected chi connectivity index (χ1v) is 13.9. The topological polar surface area (TPSA) is 160 Å². The number of halogens is 2. The molecule has 2 aromatic carbocycles. The molecule has 0 spiro atoms. The SMILES string of the molecule is COc1c(N2CC[C@](O)(COc3ccc(N4C[C@H](CO)OC4=O)cc3F)C2)c(F)cc2c(=O)c(OC(=O)O)cn(C3CC3)c12. The number of carboxylic acid groups (broad SMARTS) is 1. The lowest BCUT2D eigenvalue weighted by Gasteiger charge is -2.27. The number of carbonyl (C=O) groups excluding carboxylic acids is 1. The zero-order valence-electron chi connectivity index (χ0n) is 23.5. The summed E-state index contributed by atoms with van der Waals surface area (Å²) in [4.78, 5) is 38.9. The van der Waals surface area contributed by atoms with Crippen molar-refractivity contribution in [3.05, 3.63) is 52.3 Å². The largest absolute Gasteiger partial charge is 0.511 e. The predicted molar refractivity (Wildman–Crippen MR) is 150 cm³/mol. The number of benzene rings is 2. The van der Waals surface area contributed by atoms with E-state index in [1.807, 2.05) is 0 Å². The molecular weight excluding hydrogens is 588 g/mol. The maximum atomic E-state index is 15.7. The number of anilines is 2. The molecule has 44 heavy (non-hydrogen) atoms. The third-order valence-electron chi connectivity index (χ3n) is 7.96. The van der Waals surface area contributed by atoms with E-state index in [-0.39, 0.29) is 79.1 Å². The Morgan fingerprint density at radius 2 is 1.93 bits per heavy atom. The van der Waals surface area contributed by atoms with E-state index in [2.05, 4.69) is 4.74 Å². The molecule has 2 saturated heterocycles. The number of hydrogen-bond donors (Lipinski definition) is 3. The summed E-state index contributed by atoms with van der Waals surface area (Å²) in [5, 5.41) is 29.5. The average molecular weight is 618 g/mol. The van der Waals surface area contributed by atoms with Crippen molar-refractivity contribution in [3.8, 4) is 17.2 Å². The summed E-state index contributed by atoms with van der Waals surface area (Å²) in [6.07, 6.45) is -0.167. The minimum absolute atomic E-state index is 0.00541. The summed E-state index contributed by atoms with van der Waals surface area (Å²) in [6, 6.07) is 4.78. The van der Waals surface area contributed by atoms with Gasteiger partial charge in [0.1, 0.15) is 24.0 Å². The van der Waals surface area contributed by atoms with Gasteiger partial charge in [-0.25, -0.2) is 18.4 Å². The fraction of sp³-hybridized carbons (Fsp3) is 0.414. The predicted octanol–water partition coefficient (Wildman–Crippen LogP) is 3.02. The van der Waals surface area contributed by atoms with Crippen LogP contribution in [0.2, 0.25) is 0 Å². The maximum Gasteiger partial charge on any atom is 0.511 e. The second-order valence-electron chi connectivity index (χ2n) is 11.1. The third-order valence-corrected chi connectivity index (χ3v) is 7.96. The van der Waals surface area contributed by atoms with Gasteiger partial charge in [-0.3, -0.25) is 9.69 Å². The fourth-order valence-electron chi connectivity index (χ4n) is 5.69. The molecule has 0 unspecified atom stereocenters. The Morgan fingerprint density at radius 3 is 2.57 bits per heavy atom. The minimum Gasteiger partial charge on any atom is -0.492 e. The van der Waals surface area contributed by atoms with E-state index < -0.39 is 46.8 Å². The molecule has 0 bridgehead atoms. The van der Waals surface area contributed by atoms with E-state index in [1.165, 1.54) is 30.3 Å². The number of aliphatic hydroxyl groups excluding tert-OH is 1. The highest BCUT2D eigenvalue weighted by Gasteiger charge is 2.40. The second-order valence-corrected chi connectivity index (χ2v) is 11.1. The summed E-state index contributed by atoms with van der Waals surface area (Å²) >= 11 is 0. The van der Waals surface area contributed by atoms with Crippen LogP contribution in [0.15, 0.2) is 35.3 Å². The van der Waals surface area contributed by atoms with Gasteiger partial charge >= 0.3 is 12.2 Å². The van der Waals surface area contributed by atoms with E-state index in [0.717, 1.165) is 25.0 Å². The standard InChI is InChI=1S/C29H29F2N3O10/c1-41-26-23-18(25(36)22(44-28(38)39)11-33(23)15-2-3-15)9-20(31)24(26)32-7-6-29(40,13-32)14-42-21-5-4-16(8-19(21)30)34-10-17(12-35)43-27(34)37/h4-5,8-9,11,15,17,35,40H,2-3,6-7,10,12-14H2,1H3,(H,38,39)/t17-,29-/m1/s1. The van der Waals surface area contributed by atoms with Crippen molar-refractivity contribution in [1.82, 2.24) is 4.57 Å². The average Bonchev–Trinajstić information content (AvgIpc) is 3.66. The van der Waals surface area contributed by atoms with Gasteiger partial charge in [0.2, 0.25) is 5.43 Å². The number of cyclic esters (lactones) is 1. The summed E-state index contributed by atoms with van der Waals surface area (Å²) < 4.78 is 53.1. The van der Waals surface area contributed by atoms with E-state index in [1.54, 1.807) is 9.47 Å². The van der Waals surface area contributed by atoms with Crippen molar-refractivity contribution in [1.29, 1.82) is 0 Å². The Bertz CT molecular complexity index is 1710. The quantitative estimate of drug-likeness (QED) is 0.303. The first-order chi connectivity index (χ1) is 21.0. The molecule has 3 aromatic rings. The van der Waals surface area contributed by atoms with Crippen LogP contribution in [-0.2, 0) is 4.74 Å². The molecule has 3 N–H and O–H groups in total. The number of aromatic nitrogens is 1. The number of fused-ring (bicyclic) bond motifs is 1. The fourth-order valence-corrected chi connectivity index (χ4v) is 5.69. The summed E-state index contributed by atoms with van der Waals surface area (Å²) in [7, 11) is 1.32. The lowest BCUT2D eigenvalue weighted by molar-refractivity contribution is 0.0133. The van der Waals surface area contributed by atoms with Gasteiger partial charge in [-0.1, -0.05) is 0 Å². The molecule has 2 aliphatic heterocycles. The van der Waals surface area contributed by atoms with Crippen molar-refractivity contribution in [3.63, 3.8) is 0 Å². The highest BCUT2D eigenvalue weighted by atomic mass is 19.1. The van der Waals surface area contributed by atoms with Gasteiger partial charge in [-0.2, -0.15) is 0 Å². The van der Waals surface area contributed by atoms with Crippen LogP contribution in [0.1, 0.15) is 25.3 Å². The molecule has 234 valence electrons. The molecule has 2 atom stereocenters. The molecule has 1 saturated carbocycles. The maximum absolute atomic E-state index is 15.7. The van der Waals surface area contributed by atoms with Crippen LogP contribution in [0.5, 0.6) is 17.2 Å². The highest BCUT2D eigenvalue weighted by molar-refractivity contribution is 5.93. The minimum atomic E-state index is -1.67. The number of carbonyl (C=O) groups is 2. The molecule has 13 nitrogen and oxygen atoms in total. The smallest absolute Gasteiger partial charge is 0.492 e. The molecule has 1 aromatic heterocycles. The van der Waals surface area contributed by atoms with Crippen LogP contribution in [0, 0.1) is 11.6 Å². The number of pyridine rings is 1. The van der Waals surface area contributed by atoms with Crippen LogP contribution in [0.3, 0.4) is 0 Å². The number of aliphatic hydroxyl groups is 2. The van der Waals surface area contributed by atoms with Gasteiger partial charge < -0.3 is 43.7 Å². The molecule has 3 fully saturated rings. The van der Waals surface area contributed by atoms with Crippen LogP contribution in [0.4, 0.5) is 29.7 Å². The molecule has 0 radical (unpaired) electrons. The van der Waals surface area contributed by atoms with Crippen molar-refractivity contribution in [2.75, 3.05) is 49.8 Å². The van der Waals surface area contributed by atoms with Gasteiger partial charge in [0.05, 0.1) is 49.6 Å². The molecule has 1 amide bonds. The van der Waals surface area contributed by atoms with E-state index in [4.69, 9.17) is 19.3 Å². The normalized spacial score (nSPS) is 21.6. The highest BCUT2D eigenvalue weighted by Crippen LogP contribution is 2.45. The number of methoxy groups -OCH3 is 1. The second kappa shape index (κ2) is 11.1. The van der Waals surface area contributed by atoms with Crippen molar-refractivity contribution in [2.24, 2.45) is 0 Å². The number of β-amino-alcohol motifs (C(OH)–C–C–N with tert-alkyl or cyclic N) is 1. The molecule has 3 aliphatic rings. The van der Waals surface area contributed by atoms with Gasteiger partial charge in [0.25, 0.3) is 0 Å². The molecule has 1 aliphatic carbocycles. The zero-order chi connectivity index (χ0) is 31.3. The Kier molecular flexibility index (Phi) is 7.45. The van der Waals surface area contributed by atoms with Gasteiger partial charge in [-0.15, -0.1) is 0 Å². The molecule has 6 rings (SSSR count). The number of hydrogen-bond acceptors (Lipinski definition) is 10. The first-order valence-electron chi connectivity index (χ1n) is 13.9. The third kappa shape index (κ3) is 5.32. The van der Waals surface area contributed by atoms with Gasteiger partial charge in [0.15, 0.2) is 28.9 Å². The monoisotopic (exact) mass is 617 g/mol. The van der Waals surface area contributed by atoms with Crippen LogP contribution in [-0.4, -0.2) is 83.8 Å². The lowest BCUT2D eigenvalue weighted by Crippen LogP contribution is -2.39. The van der Waals surface area contributed by atoms with E-state index in [9.17, 15) is 29.0 Å². The summed E-state index contributed by atoms with van der Waals surface area (Å²) in [5.41, 5.74) is -1.83. The Balaban J connectivity index is 1.24. The summed E-state index contributed by atoms with van der Waals surface area (Å²) in [6.45, 7) is -0.566. The van der Waals surface area contributed by atoms with Gasteiger partial charge in [-0.05, 0) is 37.5 Å². The first kappa shape index (κ1) is 29.4. The van der Waals surface area contributed by atoms with Crippen molar-refractivity contribution < 1.29 is 52.6 Å². The molecular formula is C29H29F2N3O10. The molecule has 15 heteroatoms. The van der Waals surface area contributed by atoms with Crippen molar-refractivity contribution in [2.45, 2.75) is 37.0 Å². The zero-order valence-corrected chi connectivity index (χ0v) is 23.5. The lowest BCUT2D eigenvalue weighted by atomic mass is 10.1. The Morgan fingerprint density at radius 1 is 1.16 bits per heavy atom. The van der Waals surface area contributed by atoms with Crippen molar-refractivity contribution >= 4 is 34.5 Å². The van der Waals surface area contributed by atoms with E-state index >= 15 is 4.39 Å². The van der Waals surface area contributed by atoms with Crippen LogP contribution >= 0.6 is 0 Å². The summed E-state index contributed by atoms with van der Waals surface area (Å²) in [5.74, 6) is -2.19. The Hall–Kier alpha value is -4.63. The number of ether oxygens (including phenoxy) is 4. The van der Waals surface area contributed by atoms with Crippen LogP contribution in [0.25, 0.3) is 10.9 Å². The number of amides is 1. The number of rotatable bonds is 9. The molecule has 3 heterocycles. The number of nitrogens with zero attached hydrogens (tertiary/aromatic N) is 3. The Labute approximate surface area is 248 Å².